The van der Waals surface area contributed by atoms with Crippen molar-refractivity contribution in [3.63, 3.8) is 0 Å². The van der Waals surface area contributed by atoms with E-state index in [-0.39, 0.29) is 0 Å². The molecule has 0 fully saturated rings. The number of rotatable bonds is 4. The van der Waals surface area contributed by atoms with Gasteiger partial charge in [0.15, 0.2) is 0 Å². The van der Waals surface area contributed by atoms with Crippen molar-refractivity contribution >= 4 is 0 Å². The molecule has 1 aromatic rings. The number of imidazole rings is 1. The second-order valence-corrected chi connectivity index (χ2v) is 3.31. The van der Waals surface area contributed by atoms with Crippen LogP contribution < -0.4 is 5.32 Å². The molecule has 12 heavy (non-hydrogen) atoms. The molecule has 1 rings (SSSR count). The van der Waals surface area contributed by atoms with E-state index in [1.165, 1.54) is 0 Å². The molecular weight excluding hydrogens is 150 g/mol. The Morgan fingerprint density at radius 1 is 1.58 bits per heavy atom. The number of hydrogen-bond donors (Lipinski definition) is 1. The Morgan fingerprint density at radius 3 is 2.83 bits per heavy atom. The van der Waals surface area contributed by atoms with E-state index in [1.54, 1.807) is 0 Å². The normalized spacial score (nSPS) is 11.0. The quantitative estimate of drug-likeness (QED) is 0.724. The van der Waals surface area contributed by atoms with Crippen LogP contribution in [0.5, 0.6) is 0 Å². The lowest BCUT2D eigenvalue weighted by Crippen LogP contribution is -2.25. The summed E-state index contributed by atoms with van der Waals surface area (Å²) < 4.78 is 2.06. The van der Waals surface area contributed by atoms with E-state index < -0.39 is 0 Å². The van der Waals surface area contributed by atoms with Crippen LogP contribution in [0.25, 0.3) is 0 Å². The lowest BCUT2D eigenvalue weighted by atomic mass is 10.3. The third kappa shape index (κ3) is 2.66. The van der Waals surface area contributed by atoms with E-state index in [9.17, 15) is 0 Å². The second-order valence-electron chi connectivity index (χ2n) is 3.31. The van der Waals surface area contributed by atoms with Crippen LogP contribution in [0.2, 0.25) is 0 Å². The standard InChI is InChI=1S/C9H17N3/c1-8(2)10-5-4-9-11-6-7-12(9)3/h6-8,10H,4-5H2,1-3H3. The third-order valence-electron chi connectivity index (χ3n) is 1.82. The molecule has 0 bridgehead atoms. The summed E-state index contributed by atoms with van der Waals surface area (Å²) in [7, 11) is 2.03. The summed E-state index contributed by atoms with van der Waals surface area (Å²) in [4.78, 5) is 4.24. The largest absolute Gasteiger partial charge is 0.338 e. The molecule has 0 unspecified atom stereocenters. The van der Waals surface area contributed by atoms with E-state index >= 15 is 0 Å². The molecule has 68 valence electrons. The summed E-state index contributed by atoms with van der Waals surface area (Å²) in [5.41, 5.74) is 0. The van der Waals surface area contributed by atoms with Gasteiger partial charge in [0, 0.05) is 38.4 Å². The summed E-state index contributed by atoms with van der Waals surface area (Å²) in [6.45, 7) is 5.30. The smallest absolute Gasteiger partial charge is 0.109 e. The average Bonchev–Trinajstić information content (AvgIpc) is 2.36. The predicted octanol–water partition coefficient (Wildman–Crippen LogP) is 0.961. The maximum atomic E-state index is 4.24. The second kappa shape index (κ2) is 4.26. The van der Waals surface area contributed by atoms with Gasteiger partial charge in [0.05, 0.1) is 0 Å². The number of aromatic nitrogens is 2. The van der Waals surface area contributed by atoms with Crippen LogP contribution in [0.3, 0.4) is 0 Å². The topological polar surface area (TPSA) is 29.9 Å². The van der Waals surface area contributed by atoms with Crippen molar-refractivity contribution in [3.05, 3.63) is 18.2 Å². The minimum atomic E-state index is 0.560. The monoisotopic (exact) mass is 167 g/mol. The highest BCUT2D eigenvalue weighted by molar-refractivity contribution is 4.91. The molecule has 0 aromatic carbocycles. The summed E-state index contributed by atoms with van der Waals surface area (Å²) in [6.07, 6.45) is 4.82. The van der Waals surface area contributed by atoms with Crippen LogP contribution in [0.1, 0.15) is 19.7 Å². The predicted molar refractivity (Wildman–Crippen MR) is 50.1 cm³/mol. The van der Waals surface area contributed by atoms with Gasteiger partial charge in [-0.25, -0.2) is 4.98 Å². The van der Waals surface area contributed by atoms with Crippen molar-refractivity contribution in [2.45, 2.75) is 26.3 Å². The number of nitrogens with zero attached hydrogens (tertiary/aromatic N) is 2. The molecule has 0 saturated carbocycles. The van der Waals surface area contributed by atoms with Crippen molar-refractivity contribution < 1.29 is 0 Å². The van der Waals surface area contributed by atoms with Crippen LogP contribution in [-0.4, -0.2) is 22.1 Å². The minimum absolute atomic E-state index is 0.560. The molecule has 0 saturated heterocycles. The molecule has 0 radical (unpaired) electrons. The Labute approximate surface area is 73.8 Å². The minimum Gasteiger partial charge on any atom is -0.338 e. The molecule has 1 N–H and O–H groups in total. The fourth-order valence-corrected chi connectivity index (χ4v) is 1.11. The summed E-state index contributed by atoms with van der Waals surface area (Å²) in [6, 6.07) is 0.560. The molecule has 0 aliphatic carbocycles. The highest BCUT2D eigenvalue weighted by Crippen LogP contribution is 1.94. The zero-order chi connectivity index (χ0) is 8.97. The number of aryl methyl sites for hydroxylation is 1. The zero-order valence-corrected chi connectivity index (χ0v) is 8.04. The van der Waals surface area contributed by atoms with E-state index in [2.05, 4.69) is 28.7 Å². The lowest BCUT2D eigenvalue weighted by Gasteiger charge is -2.07. The average molecular weight is 167 g/mol. The first-order valence-electron chi connectivity index (χ1n) is 4.39. The van der Waals surface area contributed by atoms with Gasteiger partial charge < -0.3 is 9.88 Å². The molecular formula is C9H17N3. The van der Waals surface area contributed by atoms with Crippen molar-refractivity contribution in [3.8, 4) is 0 Å². The van der Waals surface area contributed by atoms with Crippen LogP contribution in [-0.2, 0) is 13.5 Å². The molecule has 0 aliphatic rings. The molecule has 0 spiro atoms. The van der Waals surface area contributed by atoms with Gasteiger partial charge in [0.2, 0.25) is 0 Å². The first kappa shape index (κ1) is 9.26. The molecule has 1 heterocycles. The first-order chi connectivity index (χ1) is 5.70. The Hall–Kier alpha value is -0.830. The van der Waals surface area contributed by atoms with Gasteiger partial charge in [-0.05, 0) is 0 Å². The SMILES string of the molecule is CC(C)NCCc1nccn1C. The van der Waals surface area contributed by atoms with Crippen molar-refractivity contribution in [2.24, 2.45) is 7.05 Å². The highest BCUT2D eigenvalue weighted by atomic mass is 15.0. The van der Waals surface area contributed by atoms with Crippen molar-refractivity contribution in [2.75, 3.05) is 6.54 Å². The molecule has 0 amide bonds. The summed E-state index contributed by atoms with van der Waals surface area (Å²) in [5.74, 6) is 1.14. The van der Waals surface area contributed by atoms with Crippen LogP contribution in [0, 0.1) is 0 Å². The van der Waals surface area contributed by atoms with Crippen LogP contribution in [0.4, 0.5) is 0 Å². The fourth-order valence-electron chi connectivity index (χ4n) is 1.11. The van der Waals surface area contributed by atoms with Crippen LogP contribution in [0.15, 0.2) is 12.4 Å². The summed E-state index contributed by atoms with van der Waals surface area (Å²) in [5, 5.41) is 3.36. The third-order valence-corrected chi connectivity index (χ3v) is 1.82. The van der Waals surface area contributed by atoms with Gasteiger partial charge >= 0.3 is 0 Å². The van der Waals surface area contributed by atoms with Gasteiger partial charge in [0.25, 0.3) is 0 Å². The van der Waals surface area contributed by atoms with Gasteiger partial charge in [-0.1, -0.05) is 13.8 Å². The molecule has 0 aliphatic heterocycles. The molecule has 0 atom stereocenters. The fraction of sp³-hybridized carbons (Fsp3) is 0.667. The molecule has 1 aromatic heterocycles. The highest BCUT2D eigenvalue weighted by Gasteiger charge is 1.98. The Kier molecular flexibility index (Phi) is 3.29. The molecule has 3 nitrogen and oxygen atoms in total. The maximum absolute atomic E-state index is 4.24. The van der Waals surface area contributed by atoms with E-state index in [0.717, 1.165) is 18.8 Å². The van der Waals surface area contributed by atoms with E-state index in [4.69, 9.17) is 0 Å². The maximum Gasteiger partial charge on any atom is 0.109 e. The lowest BCUT2D eigenvalue weighted by molar-refractivity contribution is 0.577. The van der Waals surface area contributed by atoms with Crippen LogP contribution >= 0.6 is 0 Å². The van der Waals surface area contributed by atoms with Crippen molar-refractivity contribution in [1.29, 1.82) is 0 Å². The Morgan fingerprint density at radius 2 is 2.33 bits per heavy atom. The number of hydrogen-bond acceptors (Lipinski definition) is 2. The van der Waals surface area contributed by atoms with E-state index in [1.807, 2.05) is 19.4 Å². The Balaban J connectivity index is 2.29. The number of nitrogens with one attached hydrogen (secondary N) is 1. The molecule has 3 heteroatoms. The summed E-state index contributed by atoms with van der Waals surface area (Å²) >= 11 is 0. The van der Waals surface area contributed by atoms with Gasteiger partial charge in [0.1, 0.15) is 5.82 Å². The van der Waals surface area contributed by atoms with Gasteiger partial charge in [-0.3, -0.25) is 0 Å². The van der Waals surface area contributed by atoms with Crippen molar-refractivity contribution in [1.82, 2.24) is 14.9 Å². The first-order valence-corrected chi connectivity index (χ1v) is 4.39. The zero-order valence-electron chi connectivity index (χ0n) is 8.04. The van der Waals surface area contributed by atoms with E-state index in [0.29, 0.717) is 6.04 Å². The van der Waals surface area contributed by atoms with Gasteiger partial charge in [-0.15, -0.1) is 0 Å². The Bertz CT molecular complexity index is 227. The van der Waals surface area contributed by atoms with Gasteiger partial charge in [-0.2, -0.15) is 0 Å².